The zero-order valence-corrected chi connectivity index (χ0v) is 21.5. The summed E-state index contributed by atoms with van der Waals surface area (Å²) >= 11 is 0. The van der Waals surface area contributed by atoms with Crippen molar-refractivity contribution in [3.05, 3.63) is 56.9 Å². The lowest BCUT2D eigenvalue weighted by molar-refractivity contribution is -0.172. The van der Waals surface area contributed by atoms with Gasteiger partial charge in [0, 0.05) is 35.7 Å². The van der Waals surface area contributed by atoms with Crippen LogP contribution in [0.15, 0.2) is 29.1 Å². The molecule has 0 bridgehead atoms. The summed E-state index contributed by atoms with van der Waals surface area (Å²) in [6.07, 6.45) is 0.0684. The molecule has 0 fully saturated rings. The van der Waals surface area contributed by atoms with Crippen molar-refractivity contribution in [2.24, 2.45) is 0 Å². The summed E-state index contributed by atoms with van der Waals surface area (Å²) in [6, 6.07) is 6.78. The van der Waals surface area contributed by atoms with E-state index < -0.39 is 17.1 Å². The number of carbonyl (C=O) groups excluding carboxylic acids is 2. The van der Waals surface area contributed by atoms with E-state index in [4.69, 9.17) is 9.72 Å². The maximum Gasteiger partial charge on any atom is 0.343 e. The summed E-state index contributed by atoms with van der Waals surface area (Å²) in [4.78, 5) is 45.0. The number of carbonyl (C=O) groups is 2. The van der Waals surface area contributed by atoms with E-state index >= 15 is 0 Å². The van der Waals surface area contributed by atoms with Crippen molar-refractivity contribution < 1.29 is 24.5 Å². The molecule has 0 radical (unpaired) electrons. The molecular formula is C27H30N4O6. The third-order valence-corrected chi connectivity index (χ3v) is 7.68. The van der Waals surface area contributed by atoms with E-state index in [1.165, 1.54) is 0 Å². The number of hydrogen-bond donors (Lipinski definition) is 3. The summed E-state index contributed by atoms with van der Waals surface area (Å²) in [5.41, 5.74) is 0.503. The van der Waals surface area contributed by atoms with Gasteiger partial charge in [-0.25, -0.2) is 9.78 Å². The number of pyridine rings is 2. The number of nitrogens with zero attached hydrogens (tertiary/aromatic N) is 3. The number of rotatable bonds is 5. The van der Waals surface area contributed by atoms with Crippen LogP contribution < -0.4 is 10.9 Å². The van der Waals surface area contributed by atoms with Crippen LogP contribution in [0.2, 0.25) is 0 Å². The summed E-state index contributed by atoms with van der Waals surface area (Å²) in [7, 11) is 3.40. The first-order chi connectivity index (χ1) is 17.4. The second kappa shape index (κ2) is 8.39. The molecule has 3 aromatic rings. The molecule has 1 aromatic carbocycles. The highest BCUT2D eigenvalue weighted by atomic mass is 16.6. The van der Waals surface area contributed by atoms with Crippen molar-refractivity contribution in [2.45, 2.75) is 58.0 Å². The van der Waals surface area contributed by atoms with Crippen LogP contribution in [0.1, 0.15) is 49.4 Å². The molecule has 37 heavy (non-hydrogen) atoms. The molecule has 2 aliphatic rings. The maximum atomic E-state index is 13.4. The molecule has 0 aliphatic carbocycles. The molecule has 1 amide bonds. The van der Waals surface area contributed by atoms with Gasteiger partial charge in [-0.15, -0.1) is 0 Å². The molecule has 1 atom stereocenters. The number of fused-ring (bicyclic) bond motifs is 5. The fourth-order valence-corrected chi connectivity index (χ4v) is 5.16. The molecule has 10 nitrogen and oxygen atoms in total. The number of cyclic esters (lactones) is 1. The topological polar surface area (TPSA) is 134 Å². The zero-order chi connectivity index (χ0) is 26.9. The normalized spacial score (nSPS) is 18.3. The van der Waals surface area contributed by atoms with Crippen molar-refractivity contribution in [1.29, 1.82) is 0 Å². The van der Waals surface area contributed by atoms with Crippen LogP contribution in [0.4, 0.5) is 0 Å². The fourth-order valence-electron chi connectivity index (χ4n) is 5.16. The summed E-state index contributed by atoms with van der Waals surface area (Å²) in [5.74, 6) is -0.856. The van der Waals surface area contributed by atoms with Gasteiger partial charge in [0.15, 0.2) is 5.60 Å². The average molecular weight is 507 g/mol. The first-order valence-electron chi connectivity index (χ1n) is 12.2. The third kappa shape index (κ3) is 3.62. The molecule has 0 unspecified atom stereocenters. The Morgan fingerprint density at radius 3 is 2.70 bits per heavy atom. The predicted molar refractivity (Wildman–Crippen MR) is 136 cm³/mol. The minimum Gasteiger partial charge on any atom is -0.508 e. The van der Waals surface area contributed by atoms with Crippen molar-refractivity contribution in [3.63, 3.8) is 0 Å². The maximum absolute atomic E-state index is 13.4. The number of amides is 1. The Labute approximate surface area is 213 Å². The minimum absolute atomic E-state index is 0.0444. The van der Waals surface area contributed by atoms with E-state index in [9.17, 15) is 24.6 Å². The number of ether oxygens (including phenoxy) is 1. The van der Waals surface area contributed by atoms with Crippen LogP contribution in [0.25, 0.3) is 22.3 Å². The fraction of sp³-hybridized carbons (Fsp3) is 0.407. The van der Waals surface area contributed by atoms with Gasteiger partial charge in [-0.05, 0) is 51.6 Å². The number of benzene rings is 1. The van der Waals surface area contributed by atoms with E-state index in [0.29, 0.717) is 27.9 Å². The molecule has 10 heteroatoms. The van der Waals surface area contributed by atoms with E-state index in [-0.39, 0.29) is 54.5 Å². The number of hydrogen-bond acceptors (Lipinski definition) is 8. The number of likely N-dealkylation sites (N-methyl/N-ethyl adjacent to an activating group) is 2. The number of aromatic nitrogens is 2. The second-order valence-electron chi connectivity index (χ2n) is 10.3. The first kappa shape index (κ1) is 24.9. The number of aliphatic hydroxyl groups is 1. The molecule has 3 N–H and O–H groups in total. The number of phenolic OH excluding ortho intramolecular Hbond substituents is 1. The average Bonchev–Trinajstić information content (AvgIpc) is 3.24. The van der Waals surface area contributed by atoms with Crippen LogP contribution in [-0.4, -0.2) is 56.2 Å². The van der Waals surface area contributed by atoms with E-state index in [1.807, 2.05) is 6.07 Å². The Kier molecular flexibility index (Phi) is 5.65. The SMILES string of the molecule is CC[C@@]1(O)C(=O)OCc2c1cc1n(c2=O)Cc2cc3c(CN(C)C(=O)C(C)(C)NC)c(O)ccc3nc2-1. The van der Waals surface area contributed by atoms with Gasteiger partial charge in [0.2, 0.25) is 5.91 Å². The van der Waals surface area contributed by atoms with Crippen molar-refractivity contribution in [3.8, 4) is 17.1 Å². The predicted octanol–water partition coefficient (Wildman–Crippen LogP) is 1.74. The highest BCUT2D eigenvalue weighted by Gasteiger charge is 2.45. The quantitative estimate of drug-likeness (QED) is 0.349. The molecule has 5 rings (SSSR count). The second-order valence-corrected chi connectivity index (χ2v) is 10.3. The van der Waals surface area contributed by atoms with Crippen LogP contribution in [0.5, 0.6) is 5.75 Å². The van der Waals surface area contributed by atoms with E-state index in [1.54, 1.807) is 62.5 Å². The van der Waals surface area contributed by atoms with Gasteiger partial charge in [-0.1, -0.05) is 6.92 Å². The number of aromatic hydroxyl groups is 1. The van der Waals surface area contributed by atoms with Crippen LogP contribution in [-0.2, 0) is 39.6 Å². The van der Waals surface area contributed by atoms with Crippen LogP contribution in [0.3, 0.4) is 0 Å². The number of esters is 1. The molecule has 0 spiro atoms. The van der Waals surface area contributed by atoms with Crippen LogP contribution >= 0.6 is 0 Å². The number of nitrogens with one attached hydrogen (secondary N) is 1. The lowest BCUT2D eigenvalue weighted by Crippen LogP contribution is -2.51. The van der Waals surface area contributed by atoms with E-state index in [2.05, 4.69) is 5.32 Å². The smallest absolute Gasteiger partial charge is 0.343 e. The molecule has 0 saturated heterocycles. The molecule has 0 saturated carbocycles. The Balaban J connectivity index is 1.63. The van der Waals surface area contributed by atoms with Crippen molar-refractivity contribution >= 4 is 22.8 Å². The van der Waals surface area contributed by atoms with Gasteiger partial charge in [0.05, 0.1) is 34.6 Å². The third-order valence-electron chi connectivity index (χ3n) is 7.68. The molecule has 4 heterocycles. The zero-order valence-electron chi connectivity index (χ0n) is 21.5. The van der Waals surface area contributed by atoms with Gasteiger partial charge >= 0.3 is 5.97 Å². The monoisotopic (exact) mass is 506 g/mol. The summed E-state index contributed by atoms with van der Waals surface area (Å²) < 4.78 is 6.69. The molecule has 2 aromatic heterocycles. The van der Waals surface area contributed by atoms with Crippen molar-refractivity contribution in [2.75, 3.05) is 14.1 Å². The van der Waals surface area contributed by atoms with Crippen LogP contribution in [0, 0.1) is 0 Å². The Morgan fingerprint density at radius 2 is 2.03 bits per heavy atom. The standard InChI is InChI=1S/C27H30N4O6/c1-6-27(36)18-10-20-22-14(11-31(20)23(33)17(18)13-37-25(27)35)9-15-16(21(32)8-7-19(15)29-22)12-30(5)24(34)26(2,3)28-4/h7-10,28,32,36H,6,11-13H2,1-5H3/t27-/m0/s1. The first-order valence-corrected chi connectivity index (χ1v) is 12.2. The lowest BCUT2D eigenvalue weighted by Gasteiger charge is -2.31. The Morgan fingerprint density at radius 1 is 1.30 bits per heavy atom. The highest BCUT2D eigenvalue weighted by molar-refractivity contribution is 5.90. The Hall–Kier alpha value is -3.76. The minimum atomic E-state index is -1.89. The molecule has 194 valence electrons. The number of phenols is 1. The van der Waals surface area contributed by atoms with Gasteiger partial charge < -0.3 is 29.7 Å². The van der Waals surface area contributed by atoms with Gasteiger partial charge in [-0.3, -0.25) is 9.59 Å². The van der Waals surface area contributed by atoms with Crippen molar-refractivity contribution in [1.82, 2.24) is 19.8 Å². The van der Waals surface area contributed by atoms with E-state index in [0.717, 1.165) is 5.56 Å². The Bertz CT molecular complexity index is 1540. The summed E-state index contributed by atoms with van der Waals surface area (Å²) in [5, 5.41) is 25.4. The van der Waals surface area contributed by atoms with Gasteiger partial charge in [0.25, 0.3) is 5.56 Å². The van der Waals surface area contributed by atoms with Gasteiger partial charge in [0.1, 0.15) is 12.4 Å². The van der Waals surface area contributed by atoms with Gasteiger partial charge in [-0.2, -0.15) is 0 Å². The summed E-state index contributed by atoms with van der Waals surface area (Å²) in [6.45, 7) is 5.45. The molecular weight excluding hydrogens is 476 g/mol. The highest BCUT2D eigenvalue weighted by Crippen LogP contribution is 2.39. The largest absolute Gasteiger partial charge is 0.508 e. The molecule has 2 aliphatic heterocycles. The lowest BCUT2D eigenvalue weighted by atomic mass is 9.86.